The number of hydrogen-bond acceptors (Lipinski definition) is 2. The first-order valence-electron chi connectivity index (χ1n) is 4.88. The van der Waals surface area contributed by atoms with E-state index in [2.05, 4.69) is 15.5 Å². The van der Waals surface area contributed by atoms with E-state index >= 15 is 0 Å². The molecule has 0 atom stereocenters. The third-order valence-corrected chi connectivity index (χ3v) is 3.09. The molecule has 5 heteroatoms. The summed E-state index contributed by atoms with van der Waals surface area (Å²) in [5.74, 6) is 0. The quantitative estimate of drug-likeness (QED) is 0.882. The molecule has 0 fully saturated rings. The first-order chi connectivity index (χ1) is 7.77. The van der Waals surface area contributed by atoms with Crippen molar-refractivity contribution in [2.45, 2.75) is 13.1 Å². The molecule has 2 rings (SSSR count). The number of halogens is 2. The van der Waals surface area contributed by atoms with Crippen molar-refractivity contribution in [3.05, 3.63) is 51.8 Å². The lowest BCUT2D eigenvalue weighted by Gasteiger charge is -2.06. The Labute approximate surface area is 104 Å². The second kappa shape index (κ2) is 5.34. The minimum absolute atomic E-state index is 0.587. The van der Waals surface area contributed by atoms with Crippen LogP contribution < -0.4 is 5.32 Å². The molecule has 0 aliphatic heterocycles. The van der Waals surface area contributed by atoms with Gasteiger partial charge in [-0.05, 0) is 11.6 Å². The summed E-state index contributed by atoms with van der Waals surface area (Å²) in [6, 6.07) is 5.63. The minimum Gasteiger partial charge on any atom is -0.308 e. The Bertz CT molecular complexity index is 454. The summed E-state index contributed by atoms with van der Waals surface area (Å²) in [4.78, 5) is 0. The maximum absolute atomic E-state index is 6.06. The molecular weight excluding hydrogens is 245 g/mol. The molecule has 0 spiro atoms. The highest BCUT2D eigenvalue weighted by Crippen LogP contribution is 2.25. The molecule has 84 valence electrons. The molecule has 1 aromatic heterocycles. The highest BCUT2D eigenvalue weighted by molar-refractivity contribution is 6.42. The van der Waals surface area contributed by atoms with Gasteiger partial charge in [-0.1, -0.05) is 35.3 Å². The molecule has 2 aromatic rings. The minimum atomic E-state index is 0.587. The molecule has 0 aliphatic carbocycles. The van der Waals surface area contributed by atoms with Gasteiger partial charge in [0.25, 0.3) is 0 Å². The summed E-state index contributed by atoms with van der Waals surface area (Å²) >= 11 is 12.0. The number of benzene rings is 1. The van der Waals surface area contributed by atoms with Crippen LogP contribution in [0, 0.1) is 0 Å². The Kier molecular flexibility index (Phi) is 3.83. The molecule has 0 bridgehead atoms. The van der Waals surface area contributed by atoms with Crippen LogP contribution in [0.3, 0.4) is 0 Å². The molecule has 0 amide bonds. The molecule has 1 heterocycles. The fraction of sp³-hybridized carbons (Fsp3) is 0.182. The van der Waals surface area contributed by atoms with Crippen molar-refractivity contribution in [1.29, 1.82) is 0 Å². The molecule has 0 unspecified atom stereocenters. The lowest BCUT2D eigenvalue weighted by atomic mass is 10.2. The van der Waals surface area contributed by atoms with Crippen LogP contribution in [0.5, 0.6) is 0 Å². The van der Waals surface area contributed by atoms with Gasteiger partial charge in [0, 0.05) is 24.8 Å². The lowest BCUT2D eigenvalue weighted by Crippen LogP contribution is -2.12. The molecule has 1 aromatic carbocycles. The van der Waals surface area contributed by atoms with E-state index in [1.54, 1.807) is 12.3 Å². The lowest BCUT2D eigenvalue weighted by molar-refractivity contribution is 0.694. The zero-order valence-corrected chi connectivity index (χ0v) is 10.0. The molecule has 2 N–H and O–H groups in total. The van der Waals surface area contributed by atoms with Crippen LogP contribution >= 0.6 is 23.2 Å². The fourth-order valence-corrected chi connectivity index (χ4v) is 1.79. The predicted molar refractivity (Wildman–Crippen MR) is 65.6 cm³/mol. The van der Waals surface area contributed by atoms with E-state index in [1.807, 2.05) is 18.3 Å². The third kappa shape index (κ3) is 2.76. The fourth-order valence-electron chi connectivity index (χ4n) is 1.40. The van der Waals surface area contributed by atoms with Crippen molar-refractivity contribution in [3.63, 3.8) is 0 Å². The number of rotatable bonds is 4. The van der Waals surface area contributed by atoms with E-state index in [0.29, 0.717) is 16.6 Å². The normalized spacial score (nSPS) is 10.6. The van der Waals surface area contributed by atoms with Crippen molar-refractivity contribution in [3.8, 4) is 0 Å². The smallest absolute Gasteiger partial charge is 0.0637 e. The van der Waals surface area contributed by atoms with E-state index in [0.717, 1.165) is 17.7 Å². The van der Waals surface area contributed by atoms with Crippen LogP contribution in [-0.4, -0.2) is 10.2 Å². The average Bonchev–Trinajstić information content (AvgIpc) is 2.77. The Morgan fingerprint density at radius 3 is 2.88 bits per heavy atom. The van der Waals surface area contributed by atoms with Crippen LogP contribution in [0.15, 0.2) is 30.6 Å². The van der Waals surface area contributed by atoms with E-state index in [1.165, 1.54) is 0 Å². The van der Waals surface area contributed by atoms with Gasteiger partial charge in [0.05, 0.1) is 16.2 Å². The van der Waals surface area contributed by atoms with Gasteiger partial charge in [-0.2, -0.15) is 5.10 Å². The summed E-state index contributed by atoms with van der Waals surface area (Å²) in [5, 5.41) is 11.1. The topological polar surface area (TPSA) is 40.7 Å². The predicted octanol–water partition coefficient (Wildman–Crippen LogP) is 3.01. The molecule has 0 aliphatic rings. The Balaban J connectivity index is 1.92. The Morgan fingerprint density at radius 1 is 1.25 bits per heavy atom. The van der Waals surface area contributed by atoms with Crippen molar-refractivity contribution in [2.24, 2.45) is 0 Å². The zero-order valence-electron chi connectivity index (χ0n) is 8.50. The molecule has 0 radical (unpaired) electrons. The summed E-state index contributed by atoms with van der Waals surface area (Å²) in [6.45, 7) is 1.43. The first-order valence-corrected chi connectivity index (χ1v) is 5.64. The Hall–Kier alpha value is -1.03. The molecule has 16 heavy (non-hydrogen) atoms. The maximum atomic E-state index is 6.06. The van der Waals surface area contributed by atoms with E-state index in [-0.39, 0.29) is 0 Å². The van der Waals surface area contributed by atoms with E-state index < -0.39 is 0 Å². The van der Waals surface area contributed by atoms with Gasteiger partial charge in [0.1, 0.15) is 0 Å². The standard InChI is InChI=1S/C11H11Cl2N3/c12-10-3-1-2-9(11(10)13)7-14-4-8-5-15-16-6-8/h1-3,5-6,14H,4,7H2,(H,15,16). The maximum Gasteiger partial charge on any atom is 0.0637 e. The van der Waals surface area contributed by atoms with Crippen molar-refractivity contribution in [2.75, 3.05) is 0 Å². The van der Waals surface area contributed by atoms with E-state index in [4.69, 9.17) is 23.2 Å². The number of hydrogen-bond donors (Lipinski definition) is 2. The number of aromatic amines is 1. The van der Waals surface area contributed by atoms with Gasteiger partial charge in [-0.25, -0.2) is 0 Å². The molecule has 3 nitrogen and oxygen atoms in total. The van der Waals surface area contributed by atoms with Gasteiger partial charge in [-0.15, -0.1) is 0 Å². The van der Waals surface area contributed by atoms with Crippen molar-refractivity contribution < 1.29 is 0 Å². The van der Waals surface area contributed by atoms with Gasteiger partial charge < -0.3 is 5.32 Å². The zero-order chi connectivity index (χ0) is 11.4. The number of nitrogens with zero attached hydrogens (tertiary/aromatic N) is 1. The summed E-state index contributed by atoms with van der Waals surface area (Å²) < 4.78 is 0. The second-order valence-electron chi connectivity index (χ2n) is 3.42. The van der Waals surface area contributed by atoms with Crippen LogP contribution in [0.1, 0.15) is 11.1 Å². The van der Waals surface area contributed by atoms with Crippen LogP contribution in [0.25, 0.3) is 0 Å². The van der Waals surface area contributed by atoms with Crippen LogP contribution in [0.4, 0.5) is 0 Å². The van der Waals surface area contributed by atoms with Gasteiger partial charge in [0.15, 0.2) is 0 Å². The molecular formula is C11H11Cl2N3. The van der Waals surface area contributed by atoms with E-state index in [9.17, 15) is 0 Å². The summed E-state index contributed by atoms with van der Waals surface area (Å²) in [6.07, 6.45) is 3.64. The highest BCUT2D eigenvalue weighted by Gasteiger charge is 2.03. The average molecular weight is 256 g/mol. The SMILES string of the molecule is Clc1cccc(CNCc2cn[nH]c2)c1Cl. The summed E-state index contributed by atoms with van der Waals surface area (Å²) in [5.41, 5.74) is 2.11. The number of nitrogens with one attached hydrogen (secondary N) is 2. The molecule has 0 saturated carbocycles. The molecule has 0 saturated heterocycles. The Morgan fingerprint density at radius 2 is 2.12 bits per heavy atom. The largest absolute Gasteiger partial charge is 0.308 e. The summed E-state index contributed by atoms with van der Waals surface area (Å²) in [7, 11) is 0. The van der Waals surface area contributed by atoms with Crippen LogP contribution in [-0.2, 0) is 13.1 Å². The van der Waals surface area contributed by atoms with Gasteiger partial charge >= 0.3 is 0 Å². The number of H-pyrrole nitrogens is 1. The van der Waals surface area contributed by atoms with Gasteiger partial charge in [-0.3, -0.25) is 5.10 Å². The monoisotopic (exact) mass is 255 g/mol. The van der Waals surface area contributed by atoms with Crippen molar-refractivity contribution in [1.82, 2.24) is 15.5 Å². The first kappa shape index (κ1) is 11.5. The highest BCUT2D eigenvalue weighted by atomic mass is 35.5. The van der Waals surface area contributed by atoms with Crippen molar-refractivity contribution >= 4 is 23.2 Å². The third-order valence-electron chi connectivity index (χ3n) is 2.23. The van der Waals surface area contributed by atoms with Gasteiger partial charge in [0.2, 0.25) is 0 Å². The number of aromatic nitrogens is 2. The van der Waals surface area contributed by atoms with Crippen LogP contribution in [0.2, 0.25) is 10.0 Å². The second-order valence-corrected chi connectivity index (χ2v) is 4.21.